The third kappa shape index (κ3) is 7.92. The number of hydrogen-bond donors (Lipinski definition) is 0. The zero-order valence-electron chi connectivity index (χ0n) is 6.82. The first kappa shape index (κ1) is 8.92. The van der Waals surface area contributed by atoms with Crippen LogP contribution in [0.4, 0.5) is 0 Å². The molecule has 0 unspecified atom stereocenters. The number of rotatable bonds is 1. The van der Waals surface area contributed by atoms with Gasteiger partial charge in [-0.25, -0.2) is 0 Å². The van der Waals surface area contributed by atoms with Gasteiger partial charge in [0.15, 0.2) is 5.79 Å². The molecule has 0 N–H and O–H groups in total. The van der Waals surface area contributed by atoms with E-state index in [0.29, 0.717) is 0 Å². The summed E-state index contributed by atoms with van der Waals surface area (Å²) in [6.07, 6.45) is 0. The molecule has 2 heteroatoms. The zero-order chi connectivity index (χ0) is 7.71. The Morgan fingerprint density at radius 3 is 1.33 bits per heavy atom. The van der Waals surface area contributed by atoms with Crippen LogP contribution >= 0.6 is 0 Å². The summed E-state index contributed by atoms with van der Waals surface area (Å²) in [5, 5.41) is 10.9. The maximum atomic E-state index is 10.9. The van der Waals surface area contributed by atoms with Crippen LogP contribution in [0.25, 0.3) is 0 Å². The van der Waals surface area contributed by atoms with Crippen LogP contribution in [0.15, 0.2) is 0 Å². The van der Waals surface area contributed by atoms with Gasteiger partial charge in [0.1, 0.15) is 0 Å². The molecule has 0 saturated heterocycles. The van der Waals surface area contributed by atoms with E-state index in [1.807, 2.05) is 20.8 Å². The van der Waals surface area contributed by atoms with Crippen molar-refractivity contribution in [3.8, 4) is 0 Å². The quantitative estimate of drug-likeness (QED) is 0.500. The standard InChI is InChI=1S/C7H15O2/c1-6(2,3)9-7(4,5)8/h1-5H3. The predicted molar refractivity (Wildman–Crippen MR) is 35.6 cm³/mol. The second kappa shape index (κ2) is 2.27. The normalized spacial score (nSPS) is 14.0. The molecule has 0 amide bonds. The van der Waals surface area contributed by atoms with Crippen LogP contribution in [-0.4, -0.2) is 11.4 Å². The van der Waals surface area contributed by atoms with Crippen molar-refractivity contribution in [1.82, 2.24) is 0 Å². The molecule has 0 aromatic heterocycles. The Labute approximate surface area is 56.8 Å². The average molecular weight is 131 g/mol. The lowest BCUT2D eigenvalue weighted by Crippen LogP contribution is -2.33. The molecule has 0 aromatic carbocycles. The Kier molecular flexibility index (Phi) is 2.25. The SMILES string of the molecule is CC(C)(C)OC(C)(C)[O]. The summed E-state index contributed by atoms with van der Waals surface area (Å²) in [5.41, 5.74) is -0.328. The molecule has 0 aliphatic carbocycles. The molecule has 0 heterocycles. The van der Waals surface area contributed by atoms with Crippen molar-refractivity contribution in [2.45, 2.75) is 46.0 Å². The first-order valence-corrected chi connectivity index (χ1v) is 3.11. The molecular weight excluding hydrogens is 116 g/mol. The third-order valence-electron chi connectivity index (χ3n) is 0.552. The average Bonchev–Trinajstić information content (AvgIpc) is 1.14. The van der Waals surface area contributed by atoms with Crippen LogP contribution in [0.2, 0.25) is 0 Å². The second-order valence-electron chi connectivity index (χ2n) is 3.61. The van der Waals surface area contributed by atoms with Crippen LogP contribution in [0, 0.1) is 0 Å². The van der Waals surface area contributed by atoms with Crippen molar-refractivity contribution >= 4 is 0 Å². The van der Waals surface area contributed by atoms with E-state index in [2.05, 4.69) is 0 Å². The molecule has 0 aliphatic rings. The minimum Gasteiger partial charge on any atom is -0.342 e. The minimum absolute atomic E-state index is 0.328. The fourth-order valence-corrected chi connectivity index (χ4v) is 0.737. The Hall–Kier alpha value is -0.0800. The highest BCUT2D eigenvalue weighted by atomic mass is 16.6. The van der Waals surface area contributed by atoms with Crippen molar-refractivity contribution in [3.05, 3.63) is 0 Å². The fourth-order valence-electron chi connectivity index (χ4n) is 0.737. The van der Waals surface area contributed by atoms with E-state index in [1.54, 1.807) is 0 Å². The van der Waals surface area contributed by atoms with E-state index >= 15 is 0 Å². The van der Waals surface area contributed by atoms with E-state index in [9.17, 15) is 5.11 Å². The summed E-state index contributed by atoms with van der Waals surface area (Å²) in [5.74, 6) is -1.27. The van der Waals surface area contributed by atoms with Crippen LogP contribution in [0.1, 0.15) is 34.6 Å². The molecule has 2 nitrogen and oxygen atoms in total. The van der Waals surface area contributed by atoms with E-state index < -0.39 is 5.79 Å². The van der Waals surface area contributed by atoms with Gasteiger partial charge in [-0.15, -0.1) is 0 Å². The maximum absolute atomic E-state index is 10.9. The molecule has 0 fully saturated rings. The summed E-state index contributed by atoms with van der Waals surface area (Å²) in [4.78, 5) is 0. The summed E-state index contributed by atoms with van der Waals surface area (Å²) in [6.45, 7) is 8.63. The van der Waals surface area contributed by atoms with Crippen LogP contribution in [0.3, 0.4) is 0 Å². The predicted octanol–water partition coefficient (Wildman–Crippen LogP) is 1.97. The molecule has 55 valence electrons. The lowest BCUT2D eigenvalue weighted by atomic mass is 10.2. The van der Waals surface area contributed by atoms with Crippen molar-refractivity contribution in [2.75, 3.05) is 0 Å². The molecule has 0 bridgehead atoms. The Balaban J connectivity index is 3.75. The van der Waals surface area contributed by atoms with Gasteiger partial charge in [0.25, 0.3) is 0 Å². The number of hydrogen-bond acceptors (Lipinski definition) is 1. The smallest absolute Gasteiger partial charge is 0.196 e. The fraction of sp³-hybridized carbons (Fsp3) is 1.00. The molecule has 0 atom stereocenters. The van der Waals surface area contributed by atoms with E-state index in [4.69, 9.17) is 4.74 Å². The van der Waals surface area contributed by atoms with Crippen LogP contribution in [0.5, 0.6) is 0 Å². The van der Waals surface area contributed by atoms with E-state index in [0.717, 1.165) is 0 Å². The molecule has 1 radical (unpaired) electrons. The summed E-state index contributed by atoms with van der Waals surface area (Å²) in [7, 11) is 0. The first-order chi connectivity index (χ1) is 3.71. The van der Waals surface area contributed by atoms with Gasteiger partial charge >= 0.3 is 0 Å². The van der Waals surface area contributed by atoms with Crippen molar-refractivity contribution < 1.29 is 9.84 Å². The molecular formula is C7H15O2. The monoisotopic (exact) mass is 131 g/mol. The highest BCUT2D eigenvalue weighted by Gasteiger charge is 2.23. The van der Waals surface area contributed by atoms with Gasteiger partial charge in [-0.3, -0.25) is 0 Å². The first-order valence-electron chi connectivity index (χ1n) is 3.11. The van der Waals surface area contributed by atoms with E-state index in [-0.39, 0.29) is 5.60 Å². The van der Waals surface area contributed by atoms with Crippen molar-refractivity contribution in [1.29, 1.82) is 0 Å². The largest absolute Gasteiger partial charge is 0.342 e. The van der Waals surface area contributed by atoms with Gasteiger partial charge in [0.2, 0.25) is 0 Å². The van der Waals surface area contributed by atoms with Gasteiger partial charge < -0.3 is 4.74 Å². The minimum atomic E-state index is -1.27. The second-order valence-corrected chi connectivity index (χ2v) is 3.61. The third-order valence-corrected chi connectivity index (χ3v) is 0.552. The molecule has 9 heavy (non-hydrogen) atoms. The zero-order valence-corrected chi connectivity index (χ0v) is 6.82. The summed E-state index contributed by atoms with van der Waals surface area (Å²) in [6, 6.07) is 0. The van der Waals surface area contributed by atoms with Gasteiger partial charge in [0.05, 0.1) is 5.60 Å². The highest BCUT2D eigenvalue weighted by molar-refractivity contribution is 4.63. The lowest BCUT2D eigenvalue weighted by molar-refractivity contribution is -0.260. The Bertz CT molecular complexity index is 72.1. The summed E-state index contributed by atoms with van der Waals surface area (Å²) < 4.78 is 5.07. The van der Waals surface area contributed by atoms with Crippen LogP contribution in [-0.2, 0) is 9.84 Å². The van der Waals surface area contributed by atoms with Gasteiger partial charge in [-0.2, -0.15) is 5.11 Å². The van der Waals surface area contributed by atoms with Gasteiger partial charge in [-0.05, 0) is 34.6 Å². The number of ether oxygens (including phenoxy) is 1. The summed E-state index contributed by atoms with van der Waals surface area (Å²) >= 11 is 0. The van der Waals surface area contributed by atoms with E-state index in [1.165, 1.54) is 13.8 Å². The van der Waals surface area contributed by atoms with Crippen molar-refractivity contribution in [2.24, 2.45) is 0 Å². The molecule has 0 aromatic rings. The van der Waals surface area contributed by atoms with Crippen molar-refractivity contribution in [3.63, 3.8) is 0 Å². The molecule has 0 rings (SSSR count). The van der Waals surface area contributed by atoms with Gasteiger partial charge in [0, 0.05) is 0 Å². The lowest BCUT2D eigenvalue weighted by Gasteiger charge is -2.27. The van der Waals surface area contributed by atoms with Gasteiger partial charge in [-0.1, -0.05) is 0 Å². The highest BCUT2D eigenvalue weighted by Crippen LogP contribution is 2.16. The Morgan fingerprint density at radius 1 is 1.00 bits per heavy atom. The van der Waals surface area contributed by atoms with Crippen LogP contribution < -0.4 is 0 Å². The maximum Gasteiger partial charge on any atom is 0.196 e. The topological polar surface area (TPSA) is 29.1 Å². The molecule has 0 spiro atoms. The molecule has 0 saturated carbocycles. The Morgan fingerprint density at radius 2 is 1.33 bits per heavy atom. The molecule has 0 aliphatic heterocycles.